The summed E-state index contributed by atoms with van der Waals surface area (Å²) >= 11 is 0. The largest absolute Gasteiger partial charge is 0.497 e. The maximum Gasteiger partial charge on any atom is 0.276 e. The second-order valence-corrected chi connectivity index (χ2v) is 31.7. The average molecular weight is 1980 g/mol. The highest BCUT2D eigenvalue weighted by Crippen LogP contribution is 2.29. The van der Waals surface area contributed by atoms with Crippen LogP contribution in [0.2, 0.25) is 0 Å². The maximum atomic E-state index is 12.3. The fraction of sp³-hybridized carbons (Fsp3) is 0.0870. The van der Waals surface area contributed by atoms with Crippen LogP contribution in [0.1, 0.15) is 145 Å². The topological polar surface area (TPSA) is 458 Å². The smallest absolute Gasteiger partial charge is 0.276 e. The molecule has 14 aromatic rings. The Morgan fingerprint density at radius 1 is 0.211 bits per heavy atom. The first-order valence-corrected chi connectivity index (χ1v) is 44.4. The predicted octanol–water partition coefficient (Wildman–Crippen LogP) is 26.3. The first-order chi connectivity index (χ1) is 70.3. The Balaban J connectivity index is 0.000000209. The number of ether oxygens (including phenoxy) is 4. The number of nitro groups is 7. The van der Waals surface area contributed by atoms with Crippen molar-refractivity contribution in [3.8, 4) is 23.0 Å². The van der Waals surface area contributed by atoms with E-state index in [2.05, 4.69) is 0 Å². The molecule has 0 N–H and O–H groups in total. The number of allylic oxidation sites excluding steroid dienone is 7. The Bertz CT molecular complexity index is 7370. The van der Waals surface area contributed by atoms with E-state index in [-0.39, 0.29) is 80.3 Å². The zero-order valence-electron chi connectivity index (χ0n) is 81.0. The third-order valence-corrected chi connectivity index (χ3v) is 20.9. The van der Waals surface area contributed by atoms with E-state index in [9.17, 15) is 104 Å². The Morgan fingerprint density at radius 3 is 0.755 bits per heavy atom. The molecule has 0 saturated carbocycles. The molecule has 0 bridgehead atoms. The van der Waals surface area contributed by atoms with Gasteiger partial charge >= 0.3 is 0 Å². The van der Waals surface area contributed by atoms with Crippen molar-refractivity contribution in [1.82, 2.24) is 0 Å². The lowest BCUT2D eigenvalue weighted by Gasteiger charge is -2.06. The van der Waals surface area contributed by atoms with E-state index in [0.717, 1.165) is 44.5 Å². The summed E-state index contributed by atoms with van der Waals surface area (Å²) in [5.74, 6) is 0.901. The van der Waals surface area contributed by atoms with Gasteiger partial charge in [0.25, 0.3) is 39.8 Å². The molecule has 0 heterocycles. The van der Waals surface area contributed by atoms with E-state index < -0.39 is 34.5 Å². The lowest BCUT2D eigenvalue weighted by molar-refractivity contribution is -0.385. The SMILES string of the molecule is COc1cc(C)ccc1C(=O)/C=C/c1ccc([N+](=O)[O-])cc1.COc1cc(C)ccc1C(=O)/C=C/c1cccc([N+](=O)[O-])c1.COc1cc(C)ccc1C(=O)/C=C/c1ccccc1[N+](=O)[O-].COc1cccc(C(=O)/C=C/c2ccc([N+](=O)[O-])cc2)c1.Cc1ccc(C(=O)/C=C/c2ccc([N+](=O)[O-])cc2)cc1.Cc1ccc(C(=O)/C=C/c2cccc([N+](=O)[O-])c2)cc1.Cc1ccc(C(=O)/C=C/c2ccccc2[N+](=O)[O-])cc1. The van der Waals surface area contributed by atoms with Crippen molar-refractivity contribution in [2.75, 3.05) is 28.4 Å². The monoisotopic (exact) mass is 1980 g/mol. The minimum absolute atomic E-state index is 0.00920. The van der Waals surface area contributed by atoms with Gasteiger partial charge in [-0.2, -0.15) is 0 Å². The van der Waals surface area contributed by atoms with E-state index in [4.69, 9.17) is 18.9 Å². The Labute approximate surface area is 844 Å². The third kappa shape index (κ3) is 36.6. The summed E-state index contributed by atoms with van der Waals surface area (Å²) in [6.07, 6.45) is 20.7. The Kier molecular flexibility index (Phi) is 43.4. The van der Waals surface area contributed by atoms with Gasteiger partial charge in [0.2, 0.25) is 0 Å². The van der Waals surface area contributed by atoms with Crippen LogP contribution in [0.5, 0.6) is 23.0 Å². The molecule has 14 rings (SSSR count). The molecular weight excluding hydrogens is 1880 g/mol. The number of benzene rings is 14. The van der Waals surface area contributed by atoms with Crippen molar-refractivity contribution < 1.29 is 87.0 Å². The summed E-state index contributed by atoms with van der Waals surface area (Å²) in [7, 11) is 6.06. The summed E-state index contributed by atoms with van der Waals surface area (Å²) < 4.78 is 20.7. The third-order valence-electron chi connectivity index (χ3n) is 20.9. The molecular formula is C115H97N7O25. The average Bonchev–Trinajstić information content (AvgIpc) is 0.842. The van der Waals surface area contributed by atoms with Crippen LogP contribution in [0.15, 0.2) is 364 Å². The van der Waals surface area contributed by atoms with Crippen LogP contribution in [0, 0.1) is 112 Å². The quantitative estimate of drug-likeness (QED) is 0.0163. The molecule has 32 heteroatoms. The number of non-ortho nitro benzene ring substituents is 5. The number of ketones is 7. The molecule has 742 valence electrons. The standard InChI is InChI=1S/3C17H15NO4.C16H13NO4.3C16H13NO3/c1-12-3-9-15(17(11-12)22-2)16(19)10-6-13-4-7-14(8-5-13)18(20)21;1-12-6-8-15(17(10-12)22-2)16(19)9-7-13-4-3-5-14(11-13)18(20)21;1-12-7-9-14(17(11-12)22-2)16(19)10-8-13-5-3-4-6-15(13)18(20)21;1-21-15-4-2-3-13(11-15)16(18)10-7-12-5-8-14(9-6-12)17(19)20;1-12-2-7-14(8-3-12)16(18)11-6-13-4-9-15(10-5-13)17(19)20;1-12-5-8-14(9-6-12)16(18)10-7-13-3-2-4-15(11-13)17(19)20;1-12-6-8-14(9-7-12)16(18)11-10-13-4-2-3-5-15(13)17(19)20/h3*3-11H,1-2H3;2-11H,1H3;3*2-11H,1H3/b10-6+;9-7+;10-8+;10-7+;11-6+;10-7+;11-10+. The van der Waals surface area contributed by atoms with Gasteiger partial charge in [-0.15, -0.1) is 0 Å². The van der Waals surface area contributed by atoms with Crippen LogP contribution in [0.3, 0.4) is 0 Å². The highest BCUT2D eigenvalue weighted by molar-refractivity contribution is 6.12. The second kappa shape index (κ2) is 56.9. The van der Waals surface area contributed by atoms with Crippen LogP contribution in [0.25, 0.3) is 42.5 Å². The van der Waals surface area contributed by atoms with Gasteiger partial charge in [0.1, 0.15) is 23.0 Å². The van der Waals surface area contributed by atoms with Gasteiger partial charge in [0, 0.05) is 95.1 Å². The molecule has 0 aliphatic carbocycles. The zero-order valence-corrected chi connectivity index (χ0v) is 81.0. The molecule has 0 aliphatic rings. The lowest BCUT2D eigenvalue weighted by Crippen LogP contribution is -1.99. The molecule has 0 spiro atoms. The number of carbonyl (C=O) groups is 7. The fourth-order valence-corrected chi connectivity index (χ4v) is 13.0. The number of methoxy groups -OCH3 is 4. The maximum absolute atomic E-state index is 12.3. The molecule has 0 amide bonds. The summed E-state index contributed by atoms with van der Waals surface area (Å²) in [6.45, 7) is 11.6. The Hall–Kier alpha value is -20.0. The number of hydrogen-bond donors (Lipinski definition) is 0. The van der Waals surface area contributed by atoms with Crippen molar-refractivity contribution >= 4 is 123 Å². The Morgan fingerprint density at radius 2 is 0.469 bits per heavy atom. The number of nitro benzene ring substituents is 7. The highest BCUT2D eigenvalue weighted by Gasteiger charge is 2.19. The number of hydrogen-bond acceptors (Lipinski definition) is 25. The van der Waals surface area contributed by atoms with Crippen LogP contribution < -0.4 is 18.9 Å². The van der Waals surface area contributed by atoms with Crippen molar-refractivity contribution in [1.29, 1.82) is 0 Å². The number of para-hydroxylation sites is 2. The van der Waals surface area contributed by atoms with E-state index in [1.54, 1.807) is 225 Å². The van der Waals surface area contributed by atoms with Gasteiger partial charge in [0.05, 0.1) is 90.7 Å². The van der Waals surface area contributed by atoms with Crippen LogP contribution in [0.4, 0.5) is 39.8 Å². The summed E-state index contributed by atoms with van der Waals surface area (Å²) in [5, 5.41) is 74.8. The normalized spacial score (nSPS) is 10.6. The zero-order chi connectivity index (χ0) is 107. The van der Waals surface area contributed by atoms with E-state index in [1.165, 1.54) is 156 Å². The van der Waals surface area contributed by atoms with Gasteiger partial charge in [-0.05, 0) is 238 Å². The lowest BCUT2D eigenvalue weighted by atomic mass is 10.1. The summed E-state index contributed by atoms with van der Waals surface area (Å²) in [6, 6.07) is 87.4. The molecule has 0 saturated heterocycles. The molecule has 14 aromatic carbocycles. The van der Waals surface area contributed by atoms with E-state index >= 15 is 0 Å². The molecule has 0 atom stereocenters. The van der Waals surface area contributed by atoms with Crippen LogP contribution in [-0.4, -0.2) is 103 Å². The summed E-state index contributed by atoms with van der Waals surface area (Å²) in [5.41, 5.74) is 14.1. The highest BCUT2D eigenvalue weighted by atomic mass is 16.7. The summed E-state index contributed by atoms with van der Waals surface area (Å²) in [4.78, 5) is 156. The molecule has 147 heavy (non-hydrogen) atoms. The van der Waals surface area contributed by atoms with Crippen LogP contribution in [-0.2, 0) is 0 Å². The number of nitrogens with zero attached hydrogens (tertiary/aromatic N) is 7. The van der Waals surface area contributed by atoms with Gasteiger partial charge in [-0.3, -0.25) is 104 Å². The number of aryl methyl sites for hydroxylation is 6. The molecule has 0 unspecified atom stereocenters. The van der Waals surface area contributed by atoms with Crippen molar-refractivity contribution in [2.45, 2.75) is 41.5 Å². The van der Waals surface area contributed by atoms with Crippen molar-refractivity contribution in [3.63, 3.8) is 0 Å². The molecule has 0 fully saturated rings. The van der Waals surface area contributed by atoms with Crippen LogP contribution >= 0.6 is 0 Å². The molecule has 0 aromatic heterocycles. The number of rotatable bonds is 32. The first-order valence-electron chi connectivity index (χ1n) is 44.4. The minimum atomic E-state index is -0.476. The van der Waals surface area contributed by atoms with Gasteiger partial charge < -0.3 is 18.9 Å². The van der Waals surface area contributed by atoms with Gasteiger partial charge in [0.15, 0.2) is 40.5 Å². The molecule has 32 nitrogen and oxygen atoms in total. The number of carbonyl (C=O) groups excluding carboxylic acids is 7. The predicted molar refractivity (Wildman–Crippen MR) is 565 cm³/mol. The van der Waals surface area contributed by atoms with E-state index in [1.807, 2.05) is 96.1 Å². The van der Waals surface area contributed by atoms with Gasteiger partial charge in [-0.1, -0.05) is 199 Å². The molecule has 0 radical (unpaired) electrons. The van der Waals surface area contributed by atoms with Gasteiger partial charge in [-0.25, -0.2) is 0 Å². The minimum Gasteiger partial charge on any atom is -0.497 e. The molecule has 0 aliphatic heterocycles. The van der Waals surface area contributed by atoms with Crippen molar-refractivity contribution in [2.24, 2.45) is 0 Å². The fourth-order valence-electron chi connectivity index (χ4n) is 13.0. The first kappa shape index (κ1) is 112. The van der Waals surface area contributed by atoms with Crippen molar-refractivity contribution in [3.05, 3.63) is 546 Å². The second-order valence-electron chi connectivity index (χ2n) is 31.7. The van der Waals surface area contributed by atoms with E-state index in [0.29, 0.717) is 89.8 Å².